The van der Waals surface area contributed by atoms with E-state index in [0.717, 1.165) is 45.2 Å². The molecular formula is C15H30N2O2. The molecule has 0 spiro atoms. The van der Waals surface area contributed by atoms with Gasteiger partial charge >= 0.3 is 0 Å². The standard InChI is InChI=1S/C15H30N2O2/c1-5-7-12(2)16-14(18)13(3)17-10-6-8-15(4,19)9-11-17/h12-13,19H,5-11H2,1-4H3,(H,16,18). The van der Waals surface area contributed by atoms with Gasteiger partial charge in [0.2, 0.25) is 5.91 Å². The molecule has 0 aromatic heterocycles. The number of hydrogen-bond acceptors (Lipinski definition) is 3. The summed E-state index contributed by atoms with van der Waals surface area (Å²) in [4.78, 5) is 14.4. The maximum absolute atomic E-state index is 12.2. The van der Waals surface area contributed by atoms with Crippen molar-refractivity contribution < 1.29 is 9.90 Å². The number of nitrogens with one attached hydrogen (secondary N) is 1. The van der Waals surface area contributed by atoms with E-state index in [1.807, 2.05) is 13.8 Å². The molecule has 0 bridgehead atoms. The second-order valence-corrected chi connectivity index (χ2v) is 6.26. The third kappa shape index (κ3) is 5.49. The predicted molar refractivity (Wildman–Crippen MR) is 78.0 cm³/mol. The van der Waals surface area contributed by atoms with Gasteiger partial charge in [-0.1, -0.05) is 13.3 Å². The fraction of sp³-hybridized carbons (Fsp3) is 0.933. The maximum atomic E-state index is 12.2. The Morgan fingerprint density at radius 1 is 1.37 bits per heavy atom. The highest BCUT2D eigenvalue weighted by Gasteiger charge is 2.29. The molecule has 1 fully saturated rings. The van der Waals surface area contributed by atoms with Gasteiger partial charge in [0.15, 0.2) is 0 Å². The first-order valence-electron chi connectivity index (χ1n) is 7.62. The summed E-state index contributed by atoms with van der Waals surface area (Å²) in [5, 5.41) is 13.2. The lowest BCUT2D eigenvalue weighted by Crippen LogP contribution is -2.48. The van der Waals surface area contributed by atoms with Crippen LogP contribution in [-0.2, 0) is 4.79 Å². The Bertz CT molecular complexity index is 292. The highest BCUT2D eigenvalue weighted by molar-refractivity contribution is 5.81. The molecule has 1 amide bonds. The fourth-order valence-corrected chi connectivity index (χ4v) is 2.71. The Hall–Kier alpha value is -0.610. The number of amides is 1. The van der Waals surface area contributed by atoms with Crippen LogP contribution in [0.3, 0.4) is 0 Å². The summed E-state index contributed by atoms with van der Waals surface area (Å²) in [5.41, 5.74) is -0.569. The maximum Gasteiger partial charge on any atom is 0.237 e. The molecule has 0 aromatic rings. The molecule has 4 nitrogen and oxygen atoms in total. The molecule has 0 aromatic carbocycles. The van der Waals surface area contributed by atoms with Gasteiger partial charge in [-0.15, -0.1) is 0 Å². The molecule has 0 saturated carbocycles. The zero-order valence-corrected chi connectivity index (χ0v) is 12.9. The van der Waals surface area contributed by atoms with E-state index in [0.29, 0.717) is 0 Å². The lowest BCUT2D eigenvalue weighted by molar-refractivity contribution is -0.126. The summed E-state index contributed by atoms with van der Waals surface area (Å²) >= 11 is 0. The number of hydrogen-bond donors (Lipinski definition) is 2. The smallest absolute Gasteiger partial charge is 0.237 e. The molecule has 2 N–H and O–H groups in total. The van der Waals surface area contributed by atoms with Gasteiger partial charge in [-0.2, -0.15) is 0 Å². The van der Waals surface area contributed by atoms with Crippen molar-refractivity contribution in [1.82, 2.24) is 10.2 Å². The van der Waals surface area contributed by atoms with Gasteiger partial charge in [0, 0.05) is 12.6 Å². The van der Waals surface area contributed by atoms with Crippen LogP contribution in [0, 0.1) is 0 Å². The van der Waals surface area contributed by atoms with Crippen LogP contribution in [-0.4, -0.2) is 46.7 Å². The molecule has 1 aliphatic rings. The average Bonchev–Trinajstić information content (AvgIpc) is 2.49. The number of aliphatic hydroxyl groups is 1. The Kier molecular flexibility index (Phi) is 6.27. The van der Waals surface area contributed by atoms with E-state index in [9.17, 15) is 9.90 Å². The first-order valence-corrected chi connectivity index (χ1v) is 7.62. The monoisotopic (exact) mass is 270 g/mol. The third-order valence-corrected chi connectivity index (χ3v) is 4.14. The van der Waals surface area contributed by atoms with Crippen molar-refractivity contribution >= 4 is 5.91 Å². The molecule has 1 heterocycles. The van der Waals surface area contributed by atoms with Crippen molar-refractivity contribution in [3.8, 4) is 0 Å². The third-order valence-electron chi connectivity index (χ3n) is 4.14. The SMILES string of the molecule is CCCC(C)NC(=O)C(C)N1CCCC(C)(O)CC1. The zero-order chi connectivity index (χ0) is 14.5. The first kappa shape index (κ1) is 16.4. The topological polar surface area (TPSA) is 52.6 Å². The van der Waals surface area contributed by atoms with Crippen LogP contribution >= 0.6 is 0 Å². The van der Waals surface area contributed by atoms with Gasteiger partial charge in [0.25, 0.3) is 0 Å². The zero-order valence-electron chi connectivity index (χ0n) is 12.9. The van der Waals surface area contributed by atoms with E-state index in [1.54, 1.807) is 0 Å². The summed E-state index contributed by atoms with van der Waals surface area (Å²) in [6.07, 6.45) is 4.63. The summed E-state index contributed by atoms with van der Waals surface area (Å²) in [6.45, 7) is 9.74. The predicted octanol–water partition coefficient (Wildman–Crippen LogP) is 1.92. The summed E-state index contributed by atoms with van der Waals surface area (Å²) < 4.78 is 0. The number of nitrogens with zero attached hydrogens (tertiary/aromatic N) is 1. The Morgan fingerprint density at radius 3 is 2.68 bits per heavy atom. The molecule has 1 rings (SSSR count). The van der Waals surface area contributed by atoms with Crippen LogP contribution in [0.1, 0.15) is 59.8 Å². The molecule has 19 heavy (non-hydrogen) atoms. The number of likely N-dealkylation sites (tertiary alicyclic amines) is 1. The molecule has 3 unspecified atom stereocenters. The first-order chi connectivity index (χ1) is 8.85. The fourth-order valence-electron chi connectivity index (χ4n) is 2.71. The van der Waals surface area contributed by atoms with E-state index >= 15 is 0 Å². The molecule has 1 saturated heterocycles. The number of carbonyl (C=O) groups excluding carboxylic acids is 1. The lowest BCUT2D eigenvalue weighted by atomic mass is 9.98. The van der Waals surface area contributed by atoms with Crippen molar-refractivity contribution in [3.05, 3.63) is 0 Å². The largest absolute Gasteiger partial charge is 0.390 e. The van der Waals surface area contributed by atoms with Crippen molar-refractivity contribution in [1.29, 1.82) is 0 Å². The summed E-state index contributed by atoms with van der Waals surface area (Å²) in [6, 6.07) is 0.142. The van der Waals surface area contributed by atoms with E-state index in [1.165, 1.54) is 0 Å². The molecular weight excluding hydrogens is 240 g/mol. The van der Waals surface area contributed by atoms with Crippen LogP contribution in [0.2, 0.25) is 0 Å². The molecule has 0 radical (unpaired) electrons. The molecule has 1 aliphatic heterocycles. The van der Waals surface area contributed by atoms with Gasteiger partial charge in [0.1, 0.15) is 0 Å². The minimum atomic E-state index is -0.569. The van der Waals surface area contributed by atoms with Gasteiger partial charge in [0.05, 0.1) is 11.6 Å². The summed E-state index contributed by atoms with van der Waals surface area (Å²) in [7, 11) is 0. The van der Waals surface area contributed by atoms with Gasteiger partial charge in [-0.05, 0) is 53.0 Å². The molecule has 0 aliphatic carbocycles. The Balaban J connectivity index is 2.47. The lowest BCUT2D eigenvalue weighted by Gasteiger charge is -2.28. The van der Waals surface area contributed by atoms with Crippen LogP contribution in [0.15, 0.2) is 0 Å². The van der Waals surface area contributed by atoms with Crippen LogP contribution in [0.5, 0.6) is 0 Å². The average molecular weight is 270 g/mol. The minimum Gasteiger partial charge on any atom is -0.390 e. The number of carbonyl (C=O) groups is 1. The molecule has 3 atom stereocenters. The van der Waals surface area contributed by atoms with E-state index in [2.05, 4.69) is 24.1 Å². The van der Waals surface area contributed by atoms with Crippen molar-refractivity contribution in [2.75, 3.05) is 13.1 Å². The highest BCUT2D eigenvalue weighted by atomic mass is 16.3. The van der Waals surface area contributed by atoms with Crippen molar-refractivity contribution in [2.24, 2.45) is 0 Å². The summed E-state index contributed by atoms with van der Waals surface area (Å²) in [5.74, 6) is 0.113. The van der Waals surface area contributed by atoms with Crippen molar-refractivity contribution in [2.45, 2.75) is 77.5 Å². The number of rotatable bonds is 5. The second-order valence-electron chi connectivity index (χ2n) is 6.26. The van der Waals surface area contributed by atoms with Gasteiger partial charge in [-0.3, -0.25) is 9.69 Å². The second kappa shape index (κ2) is 7.25. The van der Waals surface area contributed by atoms with E-state index in [-0.39, 0.29) is 18.0 Å². The van der Waals surface area contributed by atoms with Gasteiger partial charge in [-0.25, -0.2) is 0 Å². The van der Waals surface area contributed by atoms with Crippen LogP contribution in [0.25, 0.3) is 0 Å². The van der Waals surface area contributed by atoms with E-state index < -0.39 is 5.60 Å². The molecule has 112 valence electrons. The highest BCUT2D eigenvalue weighted by Crippen LogP contribution is 2.22. The van der Waals surface area contributed by atoms with Crippen molar-refractivity contribution in [3.63, 3.8) is 0 Å². The van der Waals surface area contributed by atoms with Crippen LogP contribution < -0.4 is 5.32 Å². The Morgan fingerprint density at radius 2 is 2.05 bits per heavy atom. The van der Waals surface area contributed by atoms with Gasteiger partial charge < -0.3 is 10.4 Å². The quantitative estimate of drug-likeness (QED) is 0.802. The minimum absolute atomic E-state index is 0.104. The van der Waals surface area contributed by atoms with Crippen LogP contribution in [0.4, 0.5) is 0 Å². The van der Waals surface area contributed by atoms with E-state index in [4.69, 9.17) is 0 Å². The normalized spacial score (nSPS) is 28.5. The Labute approximate surface area is 117 Å². The molecule has 4 heteroatoms.